The molecule has 1 N–H and O–H groups in total. The van der Waals surface area contributed by atoms with Crippen molar-refractivity contribution in [1.29, 1.82) is 0 Å². The molecule has 0 radical (unpaired) electrons. The van der Waals surface area contributed by atoms with Crippen molar-refractivity contribution in [2.24, 2.45) is 0 Å². The van der Waals surface area contributed by atoms with Gasteiger partial charge in [-0.1, -0.05) is 42.5 Å². The van der Waals surface area contributed by atoms with Crippen LogP contribution < -0.4 is 14.8 Å². The molecular formula is C28H30N2O5. The third-order valence-electron chi connectivity index (χ3n) is 6.00. The van der Waals surface area contributed by atoms with Gasteiger partial charge in [-0.05, 0) is 42.0 Å². The Bertz CT molecular complexity index is 1090. The molecule has 1 aliphatic heterocycles. The van der Waals surface area contributed by atoms with Gasteiger partial charge in [0.15, 0.2) is 12.4 Å². The van der Waals surface area contributed by atoms with E-state index in [-0.39, 0.29) is 24.3 Å². The summed E-state index contributed by atoms with van der Waals surface area (Å²) in [5.41, 5.74) is 2.31. The summed E-state index contributed by atoms with van der Waals surface area (Å²) in [6.45, 7) is 3.30. The van der Waals surface area contributed by atoms with Crippen LogP contribution in [0.15, 0.2) is 78.9 Å². The topological polar surface area (TPSA) is 77.1 Å². The Morgan fingerprint density at radius 2 is 1.51 bits per heavy atom. The summed E-state index contributed by atoms with van der Waals surface area (Å²) in [5, 5.41) is 3.00. The number of ether oxygens (including phenoxy) is 3. The number of nitrogens with one attached hydrogen (secondary N) is 1. The molecule has 1 aliphatic rings. The van der Waals surface area contributed by atoms with Gasteiger partial charge in [0.2, 0.25) is 0 Å². The quantitative estimate of drug-likeness (QED) is 0.454. The molecule has 0 aromatic heterocycles. The number of ketones is 1. The standard InChI is InChI=1S/C28H30N2O5/c1-33-24-11-7-21(8-12-24)26(30-15-17-34-18-16-30)19-29-27(31)20-35-25-13-9-23(10-14-25)28(32)22-5-3-2-4-6-22/h2-14,26H,15-20H2,1H3,(H,29,31)/t26-/m0/s1. The van der Waals surface area contributed by atoms with E-state index in [1.54, 1.807) is 43.5 Å². The van der Waals surface area contributed by atoms with E-state index in [2.05, 4.69) is 10.2 Å². The Balaban J connectivity index is 1.31. The highest BCUT2D eigenvalue weighted by atomic mass is 16.5. The second kappa shape index (κ2) is 12.1. The number of morpholine rings is 1. The Hall–Kier alpha value is -3.68. The van der Waals surface area contributed by atoms with Crippen molar-refractivity contribution >= 4 is 11.7 Å². The number of hydrogen-bond donors (Lipinski definition) is 1. The fraction of sp³-hybridized carbons (Fsp3) is 0.286. The molecule has 7 nitrogen and oxygen atoms in total. The van der Waals surface area contributed by atoms with Gasteiger partial charge in [0, 0.05) is 30.8 Å². The van der Waals surface area contributed by atoms with Gasteiger partial charge in [-0.25, -0.2) is 0 Å². The average molecular weight is 475 g/mol. The molecule has 0 bridgehead atoms. The number of carbonyl (C=O) groups is 2. The summed E-state index contributed by atoms with van der Waals surface area (Å²) < 4.78 is 16.4. The molecular weight excluding hydrogens is 444 g/mol. The lowest BCUT2D eigenvalue weighted by Gasteiger charge is -2.35. The van der Waals surface area contributed by atoms with Crippen molar-refractivity contribution in [2.45, 2.75) is 6.04 Å². The van der Waals surface area contributed by atoms with Gasteiger partial charge in [0.25, 0.3) is 5.91 Å². The van der Waals surface area contributed by atoms with Gasteiger partial charge in [0.05, 0.1) is 26.4 Å². The minimum Gasteiger partial charge on any atom is -0.497 e. The number of hydrogen-bond acceptors (Lipinski definition) is 6. The predicted octanol–water partition coefficient (Wildman–Crippen LogP) is 3.49. The fourth-order valence-corrected chi connectivity index (χ4v) is 4.04. The van der Waals surface area contributed by atoms with Crippen molar-refractivity contribution in [3.05, 3.63) is 95.6 Å². The van der Waals surface area contributed by atoms with Crippen LogP contribution in [-0.2, 0) is 9.53 Å². The normalized spacial score (nSPS) is 14.7. The molecule has 35 heavy (non-hydrogen) atoms. The first-order valence-electron chi connectivity index (χ1n) is 11.7. The van der Waals surface area contributed by atoms with E-state index in [1.165, 1.54) is 0 Å². The average Bonchev–Trinajstić information content (AvgIpc) is 2.93. The first-order chi connectivity index (χ1) is 17.1. The molecule has 182 valence electrons. The highest BCUT2D eigenvalue weighted by molar-refractivity contribution is 6.08. The van der Waals surface area contributed by atoms with Gasteiger partial charge in [0.1, 0.15) is 11.5 Å². The van der Waals surface area contributed by atoms with Crippen molar-refractivity contribution in [3.8, 4) is 11.5 Å². The Kier molecular flexibility index (Phi) is 8.48. The van der Waals surface area contributed by atoms with Crippen molar-refractivity contribution in [2.75, 3.05) is 46.6 Å². The van der Waals surface area contributed by atoms with Crippen LogP contribution in [0, 0.1) is 0 Å². The van der Waals surface area contributed by atoms with E-state index in [9.17, 15) is 9.59 Å². The van der Waals surface area contributed by atoms with Crippen LogP contribution in [0.5, 0.6) is 11.5 Å². The molecule has 1 amide bonds. The lowest BCUT2D eigenvalue weighted by Crippen LogP contribution is -2.44. The molecule has 3 aromatic carbocycles. The summed E-state index contributed by atoms with van der Waals surface area (Å²) in [6, 6.07) is 23.9. The van der Waals surface area contributed by atoms with Gasteiger partial charge in [-0.2, -0.15) is 0 Å². The minimum absolute atomic E-state index is 0.0250. The SMILES string of the molecule is COc1ccc([C@H](CNC(=O)COc2ccc(C(=O)c3ccccc3)cc2)N2CCOCC2)cc1. The third-order valence-corrected chi connectivity index (χ3v) is 6.00. The molecule has 1 fully saturated rings. The van der Waals surface area contributed by atoms with E-state index >= 15 is 0 Å². The Morgan fingerprint density at radius 3 is 2.17 bits per heavy atom. The van der Waals surface area contributed by atoms with Crippen LogP contribution in [0.4, 0.5) is 0 Å². The number of methoxy groups -OCH3 is 1. The largest absolute Gasteiger partial charge is 0.497 e. The summed E-state index contributed by atoms with van der Waals surface area (Å²) in [4.78, 5) is 27.4. The predicted molar refractivity (Wildman–Crippen MR) is 133 cm³/mol. The number of nitrogens with zero attached hydrogens (tertiary/aromatic N) is 1. The third kappa shape index (κ3) is 6.68. The molecule has 4 rings (SSSR count). The number of benzene rings is 3. The number of carbonyl (C=O) groups excluding carboxylic acids is 2. The lowest BCUT2D eigenvalue weighted by molar-refractivity contribution is -0.123. The van der Waals surface area contributed by atoms with Crippen LogP contribution in [0.25, 0.3) is 0 Å². The summed E-state index contributed by atoms with van der Waals surface area (Å²) in [5.74, 6) is 1.07. The molecule has 1 heterocycles. The van der Waals surface area contributed by atoms with E-state index in [1.807, 2.05) is 42.5 Å². The molecule has 3 aromatic rings. The van der Waals surface area contributed by atoms with Crippen LogP contribution in [0.3, 0.4) is 0 Å². The molecule has 0 saturated carbocycles. The lowest BCUT2D eigenvalue weighted by atomic mass is 10.0. The molecule has 0 unspecified atom stereocenters. The van der Waals surface area contributed by atoms with Crippen molar-refractivity contribution in [3.63, 3.8) is 0 Å². The summed E-state index contributed by atoms with van der Waals surface area (Å²) in [7, 11) is 1.64. The zero-order valence-electron chi connectivity index (χ0n) is 19.8. The van der Waals surface area contributed by atoms with Crippen molar-refractivity contribution < 1.29 is 23.8 Å². The zero-order valence-corrected chi connectivity index (χ0v) is 19.8. The smallest absolute Gasteiger partial charge is 0.258 e. The summed E-state index contributed by atoms with van der Waals surface area (Å²) >= 11 is 0. The monoisotopic (exact) mass is 474 g/mol. The fourth-order valence-electron chi connectivity index (χ4n) is 4.04. The second-order valence-corrected chi connectivity index (χ2v) is 8.25. The first kappa shape index (κ1) is 24.4. The maximum absolute atomic E-state index is 12.5. The van der Waals surface area contributed by atoms with E-state index in [4.69, 9.17) is 14.2 Å². The molecule has 1 saturated heterocycles. The highest BCUT2D eigenvalue weighted by Crippen LogP contribution is 2.24. The van der Waals surface area contributed by atoms with E-state index in [0.29, 0.717) is 36.6 Å². The second-order valence-electron chi connectivity index (χ2n) is 8.25. The van der Waals surface area contributed by atoms with Gasteiger partial charge >= 0.3 is 0 Å². The molecule has 7 heteroatoms. The maximum Gasteiger partial charge on any atom is 0.258 e. The van der Waals surface area contributed by atoms with E-state index < -0.39 is 0 Å². The van der Waals surface area contributed by atoms with Crippen molar-refractivity contribution in [1.82, 2.24) is 10.2 Å². The first-order valence-corrected chi connectivity index (χ1v) is 11.7. The van der Waals surface area contributed by atoms with Crippen LogP contribution in [-0.4, -0.2) is 63.2 Å². The number of rotatable bonds is 10. The van der Waals surface area contributed by atoms with Crippen LogP contribution in [0.2, 0.25) is 0 Å². The Morgan fingerprint density at radius 1 is 0.886 bits per heavy atom. The molecule has 0 aliphatic carbocycles. The molecule has 1 atom stereocenters. The van der Waals surface area contributed by atoms with Gasteiger partial charge < -0.3 is 19.5 Å². The van der Waals surface area contributed by atoms with Crippen LogP contribution >= 0.6 is 0 Å². The maximum atomic E-state index is 12.5. The number of amides is 1. The highest BCUT2D eigenvalue weighted by Gasteiger charge is 2.23. The van der Waals surface area contributed by atoms with Crippen LogP contribution in [0.1, 0.15) is 27.5 Å². The Labute approximate surface area is 205 Å². The summed E-state index contributed by atoms with van der Waals surface area (Å²) in [6.07, 6.45) is 0. The zero-order chi connectivity index (χ0) is 24.5. The van der Waals surface area contributed by atoms with E-state index in [0.717, 1.165) is 24.4 Å². The van der Waals surface area contributed by atoms with Gasteiger partial charge in [-0.15, -0.1) is 0 Å². The minimum atomic E-state index is -0.207. The van der Waals surface area contributed by atoms with Gasteiger partial charge in [-0.3, -0.25) is 14.5 Å². The molecule has 0 spiro atoms.